The number of sulfone groups is 1. The van der Waals surface area contributed by atoms with Crippen molar-refractivity contribution >= 4 is 32.2 Å². The number of pyridine rings is 3. The molecular weight excluding hydrogens is 552 g/mol. The van der Waals surface area contributed by atoms with Gasteiger partial charge in [-0.05, 0) is 39.4 Å². The first kappa shape index (κ1) is 27.1. The van der Waals surface area contributed by atoms with Crippen molar-refractivity contribution in [3.05, 3.63) is 48.5 Å². The molecule has 4 aromatic heterocycles. The van der Waals surface area contributed by atoms with E-state index in [9.17, 15) is 8.42 Å². The van der Waals surface area contributed by atoms with Crippen molar-refractivity contribution in [3.63, 3.8) is 0 Å². The van der Waals surface area contributed by atoms with Crippen LogP contribution in [0.1, 0.15) is 19.0 Å². The van der Waals surface area contributed by atoms with Gasteiger partial charge in [-0.15, -0.1) is 0 Å². The van der Waals surface area contributed by atoms with Crippen LogP contribution < -0.4 is 14.5 Å². The van der Waals surface area contributed by atoms with Gasteiger partial charge in [-0.2, -0.15) is 5.10 Å². The van der Waals surface area contributed by atoms with Crippen LogP contribution in [0.5, 0.6) is 5.75 Å². The first-order chi connectivity index (χ1) is 20.1. The van der Waals surface area contributed by atoms with E-state index >= 15 is 0 Å². The number of likely N-dealkylation sites (N-methyl/N-ethyl adjacent to an activating group) is 1. The van der Waals surface area contributed by atoms with Gasteiger partial charge in [0.05, 0.1) is 35.8 Å². The van der Waals surface area contributed by atoms with Crippen LogP contribution in [0.3, 0.4) is 0 Å². The zero-order chi connectivity index (χ0) is 29.3. The van der Waals surface area contributed by atoms with Gasteiger partial charge in [0.1, 0.15) is 21.4 Å². The third kappa shape index (κ3) is 4.57. The predicted molar refractivity (Wildman–Crippen MR) is 163 cm³/mol. The molecule has 0 spiro atoms. The molecule has 3 fully saturated rings. The molecule has 4 atom stereocenters. The average Bonchev–Trinajstić information content (AvgIpc) is 3.68. The van der Waals surface area contributed by atoms with Gasteiger partial charge in [-0.1, -0.05) is 0 Å². The molecule has 3 saturated heterocycles. The van der Waals surface area contributed by atoms with Crippen LogP contribution in [-0.2, 0) is 9.84 Å². The number of hydrogen-bond acceptors (Lipinski definition) is 10. The summed E-state index contributed by atoms with van der Waals surface area (Å²) < 4.78 is 31.5. The third-order valence-corrected chi connectivity index (χ3v) is 10.3. The van der Waals surface area contributed by atoms with E-state index in [1.54, 1.807) is 19.5 Å². The maximum atomic E-state index is 12.0. The molecule has 0 radical (unpaired) electrons. The van der Waals surface area contributed by atoms with Crippen LogP contribution in [0.4, 0.5) is 11.5 Å². The molecule has 12 heteroatoms. The fraction of sp³-hybridized carbons (Fsp3) is 0.467. The summed E-state index contributed by atoms with van der Waals surface area (Å²) >= 11 is 0. The summed E-state index contributed by atoms with van der Waals surface area (Å²) in [5, 5.41) is 5.75. The first-order valence-electron chi connectivity index (χ1n) is 14.4. The number of fused-ring (bicyclic) bond motifs is 3. The molecule has 0 unspecified atom stereocenters. The van der Waals surface area contributed by atoms with Crippen molar-refractivity contribution in [2.75, 3.05) is 55.6 Å². The molecule has 3 aliphatic heterocycles. The molecule has 42 heavy (non-hydrogen) atoms. The topological polar surface area (TPSA) is 110 Å². The summed E-state index contributed by atoms with van der Waals surface area (Å²) in [6.45, 7) is 6.75. The number of hydrogen-bond donors (Lipinski definition) is 0. The molecule has 7 rings (SSSR count). The Labute approximate surface area is 246 Å². The van der Waals surface area contributed by atoms with Crippen LogP contribution in [0, 0.1) is 12.8 Å². The number of nitrogens with zero attached hydrogens (tertiary/aromatic N) is 8. The van der Waals surface area contributed by atoms with E-state index in [0.29, 0.717) is 24.4 Å². The molecule has 7 heterocycles. The lowest BCUT2D eigenvalue weighted by molar-refractivity contribution is 0.292. The minimum absolute atomic E-state index is 0.104. The minimum Gasteiger partial charge on any atom is -0.496 e. The monoisotopic (exact) mass is 588 g/mol. The zero-order valence-electron chi connectivity index (χ0n) is 24.6. The zero-order valence-corrected chi connectivity index (χ0v) is 25.4. The van der Waals surface area contributed by atoms with Crippen LogP contribution in [0.2, 0.25) is 0 Å². The number of likely N-dealkylation sites (tertiary alicyclic amines) is 1. The Balaban J connectivity index is 1.33. The van der Waals surface area contributed by atoms with Gasteiger partial charge in [-0.25, -0.2) is 18.1 Å². The van der Waals surface area contributed by atoms with Crippen molar-refractivity contribution in [1.82, 2.24) is 29.6 Å². The van der Waals surface area contributed by atoms with E-state index in [-0.39, 0.29) is 17.7 Å². The number of aryl methyl sites for hydroxylation is 1. The maximum absolute atomic E-state index is 12.0. The Morgan fingerprint density at radius 2 is 1.83 bits per heavy atom. The van der Waals surface area contributed by atoms with E-state index in [1.807, 2.05) is 29.9 Å². The van der Waals surface area contributed by atoms with Crippen molar-refractivity contribution in [1.29, 1.82) is 0 Å². The molecule has 0 amide bonds. The Kier molecular flexibility index (Phi) is 6.39. The molecule has 3 aliphatic rings. The first-order valence-corrected chi connectivity index (χ1v) is 16.4. The number of rotatable bonds is 7. The van der Waals surface area contributed by atoms with Crippen molar-refractivity contribution in [3.8, 4) is 22.8 Å². The number of piperazine rings is 1. The highest BCUT2D eigenvalue weighted by atomic mass is 32.2. The molecule has 4 aromatic rings. The highest BCUT2D eigenvalue weighted by molar-refractivity contribution is 7.90. The van der Waals surface area contributed by atoms with Crippen molar-refractivity contribution in [2.24, 2.45) is 5.92 Å². The second-order valence-electron chi connectivity index (χ2n) is 12.1. The lowest BCUT2D eigenvalue weighted by Crippen LogP contribution is -2.57. The van der Waals surface area contributed by atoms with Crippen LogP contribution in [-0.4, -0.2) is 102 Å². The lowest BCUT2D eigenvalue weighted by atomic mass is 9.91. The maximum Gasteiger partial charge on any atom is 0.158 e. The van der Waals surface area contributed by atoms with Crippen LogP contribution >= 0.6 is 0 Å². The van der Waals surface area contributed by atoms with E-state index in [4.69, 9.17) is 19.8 Å². The van der Waals surface area contributed by atoms with E-state index in [0.717, 1.165) is 64.7 Å². The van der Waals surface area contributed by atoms with Crippen LogP contribution in [0.15, 0.2) is 42.9 Å². The van der Waals surface area contributed by atoms with E-state index in [2.05, 4.69) is 45.8 Å². The highest BCUT2D eigenvalue weighted by Gasteiger charge is 2.43. The summed E-state index contributed by atoms with van der Waals surface area (Å²) in [5.41, 5.74) is 4.35. The minimum atomic E-state index is -3.04. The molecule has 0 saturated carbocycles. The largest absolute Gasteiger partial charge is 0.496 e. The predicted octanol–water partition coefficient (Wildman–Crippen LogP) is 2.96. The number of aromatic nitrogens is 5. The lowest BCUT2D eigenvalue weighted by Gasteiger charge is -2.48. The van der Waals surface area contributed by atoms with Crippen molar-refractivity contribution in [2.45, 2.75) is 38.4 Å². The van der Waals surface area contributed by atoms with Gasteiger partial charge in [0.2, 0.25) is 0 Å². The highest BCUT2D eigenvalue weighted by Crippen LogP contribution is 2.39. The van der Waals surface area contributed by atoms with Crippen molar-refractivity contribution < 1.29 is 13.2 Å². The van der Waals surface area contributed by atoms with Gasteiger partial charge >= 0.3 is 0 Å². The third-order valence-electron chi connectivity index (χ3n) is 9.30. The summed E-state index contributed by atoms with van der Waals surface area (Å²) in [6.07, 6.45) is 7.77. The summed E-state index contributed by atoms with van der Waals surface area (Å²) in [5.74, 6) is 2.67. The SMILES string of the molecule is COc1ccncc1-c1cc2c(cnn2-c2cc(N3C[C@H](CS(C)(=O)=O)[C@H]3C)cc(N3C[C@H]4C[C@@H]3CN4C)n2)c(C)n1. The fourth-order valence-electron chi connectivity index (χ4n) is 6.92. The van der Waals surface area contributed by atoms with E-state index in [1.165, 1.54) is 6.26 Å². The Morgan fingerprint density at radius 1 is 1.02 bits per heavy atom. The molecular formula is C30H36N8O3S. The van der Waals surface area contributed by atoms with Gasteiger partial charge in [-0.3, -0.25) is 14.9 Å². The number of ether oxygens (including phenoxy) is 1. The second kappa shape index (κ2) is 9.91. The molecule has 0 N–H and O–H groups in total. The Hall–Kier alpha value is -3.77. The Morgan fingerprint density at radius 3 is 2.52 bits per heavy atom. The fourth-order valence-corrected chi connectivity index (χ4v) is 8.08. The molecule has 2 bridgehead atoms. The number of anilines is 2. The normalized spacial score (nSPS) is 24.0. The van der Waals surface area contributed by atoms with Crippen LogP contribution in [0.25, 0.3) is 28.0 Å². The molecule has 220 valence electrons. The molecule has 0 aliphatic carbocycles. The average molecular weight is 589 g/mol. The number of methoxy groups -OCH3 is 1. The quantitative estimate of drug-likeness (QED) is 0.320. The Bertz CT molecular complexity index is 1790. The van der Waals surface area contributed by atoms with E-state index < -0.39 is 9.84 Å². The summed E-state index contributed by atoms with van der Waals surface area (Å²) in [4.78, 5) is 21.5. The van der Waals surface area contributed by atoms with Gasteiger partial charge in [0, 0.05) is 91.2 Å². The standard InChI is InChI=1S/C30H36N8O3S/c1-18-24-13-32-38(27(24)11-26(33-18)25-12-31-7-6-28(25)41-4)30-10-21(36-14-20(19(36)2)17-42(5,39)40)9-29(34-30)37-16-22-8-23(37)15-35(22)3/h6-7,9-13,19-20,22-23H,8,14-17H2,1-5H3/t19-,20-,22-,23-/m1/s1. The summed E-state index contributed by atoms with van der Waals surface area (Å²) in [6, 6.07) is 9.15. The molecule has 11 nitrogen and oxygen atoms in total. The summed E-state index contributed by atoms with van der Waals surface area (Å²) in [7, 11) is 0.796. The smallest absolute Gasteiger partial charge is 0.158 e. The van der Waals surface area contributed by atoms with Gasteiger partial charge < -0.3 is 14.5 Å². The second-order valence-corrected chi connectivity index (χ2v) is 14.3. The van der Waals surface area contributed by atoms with Gasteiger partial charge in [0.25, 0.3) is 0 Å². The van der Waals surface area contributed by atoms with Gasteiger partial charge in [0.15, 0.2) is 5.82 Å². The molecule has 0 aromatic carbocycles.